The van der Waals surface area contributed by atoms with Gasteiger partial charge in [0.2, 0.25) is 0 Å². The number of carbonyl (C=O) groups excluding carboxylic acids is 1. The summed E-state index contributed by atoms with van der Waals surface area (Å²) in [5.74, 6) is -0.471. The molecule has 1 aliphatic rings. The molecule has 1 fully saturated rings. The van der Waals surface area contributed by atoms with E-state index in [0.29, 0.717) is 42.2 Å². The zero-order valence-electron chi connectivity index (χ0n) is 22.0. The van der Waals surface area contributed by atoms with Gasteiger partial charge in [-0.25, -0.2) is 9.97 Å². The zero-order chi connectivity index (χ0) is 27.4. The second-order valence-corrected chi connectivity index (χ2v) is 10.1. The maximum atomic E-state index is 12.6. The second-order valence-electron chi connectivity index (χ2n) is 9.17. The third kappa shape index (κ3) is 5.71. The Labute approximate surface area is 230 Å². The first kappa shape index (κ1) is 26.9. The van der Waals surface area contributed by atoms with E-state index in [-0.39, 0.29) is 12.5 Å². The molecular formula is C28H30N6O4S. The molecule has 1 aliphatic heterocycles. The van der Waals surface area contributed by atoms with E-state index >= 15 is 0 Å². The summed E-state index contributed by atoms with van der Waals surface area (Å²) < 4.78 is 10.9. The van der Waals surface area contributed by atoms with E-state index < -0.39 is 11.9 Å². The van der Waals surface area contributed by atoms with Gasteiger partial charge < -0.3 is 24.8 Å². The number of methoxy groups -OCH3 is 2. The van der Waals surface area contributed by atoms with E-state index in [1.165, 1.54) is 11.8 Å². The van der Waals surface area contributed by atoms with Crippen molar-refractivity contribution in [2.75, 3.05) is 38.5 Å². The molecule has 0 spiro atoms. The van der Waals surface area contributed by atoms with E-state index in [1.54, 1.807) is 32.8 Å². The third-order valence-corrected chi connectivity index (χ3v) is 7.61. The molecule has 5 rings (SSSR count). The number of nitrogens with zero attached hydrogens (tertiary/aromatic N) is 5. The average molecular weight is 547 g/mol. The number of aromatic nitrogens is 4. The number of aliphatic hydroxyl groups excluding tert-OH is 1. The average Bonchev–Trinajstić information content (AvgIpc) is 2.99. The van der Waals surface area contributed by atoms with Crippen LogP contribution in [-0.4, -0.2) is 76.4 Å². The van der Waals surface area contributed by atoms with Crippen molar-refractivity contribution in [2.45, 2.75) is 29.8 Å². The van der Waals surface area contributed by atoms with Crippen molar-refractivity contribution >= 4 is 34.4 Å². The molecule has 2 N–H and O–H groups in total. The molecule has 39 heavy (non-hydrogen) atoms. The van der Waals surface area contributed by atoms with Gasteiger partial charge in [-0.2, -0.15) is 0 Å². The highest BCUT2D eigenvalue weighted by Crippen LogP contribution is 2.30. The normalized spacial score (nSPS) is 16.8. The van der Waals surface area contributed by atoms with Gasteiger partial charge in [0.15, 0.2) is 5.79 Å². The number of aliphatic hydroxyl groups is 1. The minimum absolute atomic E-state index is 0.209. The van der Waals surface area contributed by atoms with Gasteiger partial charge in [-0.05, 0) is 42.7 Å². The smallest absolute Gasteiger partial charge is 0.253 e. The molecule has 1 atom stereocenters. The molecule has 0 bridgehead atoms. The van der Waals surface area contributed by atoms with E-state index in [9.17, 15) is 9.90 Å². The first-order valence-electron chi connectivity index (χ1n) is 12.5. The summed E-state index contributed by atoms with van der Waals surface area (Å²) in [6.07, 6.45) is 6.66. The van der Waals surface area contributed by atoms with E-state index in [2.05, 4.69) is 15.3 Å². The zero-order valence-corrected chi connectivity index (χ0v) is 22.8. The lowest BCUT2D eigenvalue weighted by molar-refractivity contribution is -0.264. The lowest BCUT2D eigenvalue weighted by Crippen LogP contribution is -2.57. The van der Waals surface area contributed by atoms with E-state index in [4.69, 9.17) is 19.4 Å². The Bertz CT molecular complexity index is 1480. The molecule has 1 saturated heterocycles. The number of anilines is 1. The summed E-state index contributed by atoms with van der Waals surface area (Å²) in [4.78, 5) is 33.8. The Morgan fingerprint density at radius 3 is 2.72 bits per heavy atom. The molecule has 1 amide bonds. The van der Waals surface area contributed by atoms with Crippen LogP contribution >= 0.6 is 11.8 Å². The molecule has 0 saturated carbocycles. The van der Waals surface area contributed by atoms with Crippen LogP contribution in [-0.2, 0) is 16.0 Å². The summed E-state index contributed by atoms with van der Waals surface area (Å²) in [6, 6.07) is 13.3. The first-order chi connectivity index (χ1) is 18.9. The Balaban J connectivity index is 1.32. The van der Waals surface area contributed by atoms with Gasteiger partial charge in [-0.3, -0.25) is 14.8 Å². The summed E-state index contributed by atoms with van der Waals surface area (Å²) in [7, 11) is 3.09. The molecule has 0 aromatic carbocycles. The van der Waals surface area contributed by atoms with E-state index in [0.717, 1.165) is 21.6 Å². The summed E-state index contributed by atoms with van der Waals surface area (Å²) >= 11 is 1.53. The van der Waals surface area contributed by atoms with Crippen LogP contribution in [0.2, 0.25) is 0 Å². The Morgan fingerprint density at radius 1 is 1.13 bits per heavy atom. The number of amides is 1. The summed E-state index contributed by atoms with van der Waals surface area (Å²) in [5, 5.41) is 14.5. The van der Waals surface area contributed by atoms with Gasteiger partial charge in [0.05, 0.1) is 41.3 Å². The fraction of sp³-hybridized carbons (Fsp3) is 0.321. The van der Waals surface area contributed by atoms with Crippen molar-refractivity contribution in [1.82, 2.24) is 25.3 Å². The Morgan fingerprint density at radius 2 is 1.95 bits per heavy atom. The molecule has 10 nitrogen and oxygen atoms in total. The predicted octanol–water partition coefficient (Wildman–Crippen LogP) is 3.30. The highest BCUT2D eigenvalue weighted by molar-refractivity contribution is 7.98. The van der Waals surface area contributed by atoms with Gasteiger partial charge in [0.1, 0.15) is 11.9 Å². The lowest BCUT2D eigenvalue weighted by Gasteiger charge is -2.43. The highest BCUT2D eigenvalue weighted by Gasteiger charge is 2.43. The summed E-state index contributed by atoms with van der Waals surface area (Å²) in [6.45, 7) is 1.22. The molecular weight excluding hydrogens is 516 g/mol. The molecule has 5 heterocycles. The van der Waals surface area contributed by atoms with Crippen LogP contribution in [0.3, 0.4) is 0 Å². The van der Waals surface area contributed by atoms with Crippen LogP contribution in [0.15, 0.2) is 66.0 Å². The van der Waals surface area contributed by atoms with Gasteiger partial charge in [0.25, 0.3) is 5.91 Å². The predicted molar refractivity (Wildman–Crippen MR) is 150 cm³/mol. The van der Waals surface area contributed by atoms with Crippen molar-refractivity contribution in [2.24, 2.45) is 0 Å². The molecule has 4 aromatic heterocycles. The Hall–Kier alpha value is -3.64. The number of ether oxygens (including phenoxy) is 2. The lowest BCUT2D eigenvalue weighted by atomic mass is 10.00. The number of hydrogen-bond donors (Lipinski definition) is 2. The fourth-order valence-corrected chi connectivity index (χ4v) is 5.04. The van der Waals surface area contributed by atoms with Crippen molar-refractivity contribution in [3.05, 3.63) is 72.3 Å². The molecule has 0 aliphatic carbocycles. The molecule has 11 heteroatoms. The Kier molecular flexibility index (Phi) is 8.03. The monoisotopic (exact) mass is 546 g/mol. The highest BCUT2D eigenvalue weighted by atomic mass is 32.2. The van der Waals surface area contributed by atoms with Crippen LogP contribution in [0.25, 0.3) is 22.3 Å². The van der Waals surface area contributed by atoms with Crippen LogP contribution in [0.4, 0.5) is 5.82 Å². The van der Waals surface area contributed by atoms with Crippen molar-refractivity contribution < 1.29 is 19.4 Å². The van der Waals surface area contributed by atoms with Gasteiger partial charge in [-0.1, -0.05) is 6.07 Å². The number of hydrogen-bond acceptors (Lipinski definition) is 10. The van der Waals surface area contributed by atoms with Gasteiger partial charge >= 0.3 is 0 Å². The number of piperidine rings is 1. The standard InChI is InChI=1S/C28H30N6O4S/c1-37-28(38-2)9-10-34(17-25(28)35)26-6-4-5-22(33-26)23-8-7-18-14-30-20(12-24(18)32-23)15-31-27(36)19-11-21(39-3)16-29-13-19/h4-8,11-14,16,25,35H,9-10,15,17H2,1-3H3,(H,31,36). The number of nitrogens with one attached hydrogen (secondary N) is 1. The minimum Gasteiger partial charge on any atom is -0.386 e. The fourth-order valence-electron chi connectivity index (χ4n) is 4.63. The molecule has 1 unspecified atom stereocenters. The first-order valence-corrected chi connectivity index (χ1v) is 13.7. The van der Waals surface area contributed by atoms with Crippen LogP contribution in [0, 0.1) is 0 Å². The quantitative estimate of drug-likeness (QED) is 0.251. The number of rotatable bonds is 8. The SMILES string of the molecule is COC1(OC)CCN(c2cccc(-c3ccc4cnc(CNC(=O)c5cncc(SC)c5)cc4n3)n2)CC1O. The van der Waals surface area contributed by atoms with Crippen molar-refractivity contribution in [3.63, 3.8) is 0 Å². The van der Waals surface area contributed by atoms with Crippen LogP contribution in [0.5, 0.6) is 0 Å². The number of pyridine rings is 4. The van der Waals surface area contributed by atoms with Crippen LogP contribution < -0.4 is 10.2 Å². The maximum absolute atomic E-state index is 12.6. The minimum atomic E-state index is -1.01. The largest absolute Gasteiger partial charge is 0.386 e. The number of β-amino-alcohol motifs (C(OH)–C–C–N with tert-alkyl or cyclic N) is 1. The second kappa shape index (κ2) is 11.6. The molecule has 0 radical (unpaired) electrons. The number of thioether (sulfide) groups is 1. The van der Waals surface area contributed by atoms with E-state index in [1.807, 2.05) is 53.6 Å². The maximum Gasteiger partial charge on any atom is 0.253 e. The summed E-state index contributed by atoms with van der Waals surface area (Å²) in [5.41, 5.74) is 3.38. The molecule has 4 aromatic rings. The van der Waals surface area contributed by atoms with Gasteiger partial charge in [0, 0.05) is 56.1 Å². The van der Waals surface area contributed by atoms with Crippen LogP contribution in [0.1, 0.15) is 22.5 Å². The number of carbonyl (C=O) groups is 1. The topological polar surface area (TPSA) is 123 Å². The number of fused-ring (bicyclic) bond motifs is 1. The third-order valence-electron chi connectivity index (χ3n) is 6.91. The van der Waals surface area contributed by atoms with Crippen molar-refractivity contribution in [1.29, 1.82) is 0 Å². The molecule has 202 valence electrons. The van der Waals surface area contributed by atoms with Crippen molar-refractivity contribution in [3.8, 4) is 11.4 Å². The van der Waals surface area contributed by atoms with Gasteiger partial charge in [-0.15, -0.1) is 11.8 Å².